The first kappa shape index (κ1) is 24.5. The second-order valence-electron chi connectivity index (χ2n) is 6.74. The number of likely N-dealkylation sites (tertiary alicyclic amines) is 1. The van der Waals surface area contributed by atoms with E-state index in [4.69, 9.17) is 10.5 Å². The Labute approximate surface area is 185 Å². The lowest BCUT2D eigenvalue weighted by molar-refractivity contribution is -0.119. The number of nitrogens with one attached hydrogen (secondary N) is 2. The van der Waals surface area contributed by atoms with Gasteiger partial charge in [-0.3, -0.25) is 9.79 Å². The molecule has 1 aliphatic heterocycles. The molecular formula is C20H34IN5O2. The van der Waals surface area contributed by atoms with Gasteiger partial charge in [0.15, 0.2) is 12.6 Å². The van der Waals surface area contributed by atoms with Gasteiger partial charge in [0.2, 0.25) is 0 Å². The molecule has 1 aromatic rings. The molecule has 1 fully saturated rings. The molecule has 1 aromatic carbocycles. The molecule has 28 heavy (non-hydrogen) atoms. The van der Waals surface area contributed by atoms with Crippen molar-refractivity contribution in [3.8, 4) is 5.75 Å². The number of amides is 1. The van der Waals surface area contributed by atoms with E-state index in [1.165, 1.54) is 37.9 Å². The molecule has 1 saturated heterocycles. The van der Waals surface area contributed by atoms with Gasteiger partial charge in [-0.2, -0.15) is 0 Å². The van der Waals surface area contributed by atoms with Gasteiger partial charge in [0, 0.05) is 19.6 Å². The third-order valence-corrected chi connectivity index (χ3v) is 4.49. The SMILES string of the molecule is CCNC(=NCCN1CCCCC1)NCCc1ccc(OCC(N)=O)cc1.I. The van der Waals surface area contributed by atoms with Gasteiger partial charge in [-0.1, -0.05) is 18.6 Å². The molecule has 0 aromatic heterocycles. The molecule has 0 bridgehead atoms. The van der Waals surface area contributed by atoms with Crippen molar-refractivity contribution in [1.29, 1.82) is 0 Å². The molecule has 0 radical (unpaired) electrons. The normalized spacial score (nSPS) is 14.8. The van der Waals surface area contributed by atoms with Crippen LogP contribution in [0.15, 0.2) is 29.3 Å². The highest BCUT2D eigenvalue weighted by molar-refractivity contribution is 14.0. The van der Waals surface area contributed by atoms with E-state index >= 15 is 0 Å². The maximum absolute atomic E-state index is 10.7. The molecule has 0 unspecified atom stereocenters. The second-order valence-corrected chi connectivity index (χ2v) is 6.74. The summed E-state index contributed by atoms with van der Waals surface area (Å²) in [5, 5.41) is 6.69. The number of rotatable bonds is 10. The first-order chi connectivity index (χ1) is 13.2. The van der Waals surface area contributed by atoms with Crippen LogP contribution in [0.1, 0.15) is 31.7 Å². The number of guanidine groups is 1. The highest BCUT2D eigenvalue weighted by Gasteiger charge is 2.09. The Kier molecular flexibility index (Phi) is 12.6. The summed E-state index contributed by atoms with van der Waals surface area (Å²) in [7, 11) is 0. The van der Waals surface area contributed by atoms with Gasteiger partial charge >= 0.3 is 0 Å². The molecule has 4 N–H and O–H groups in total. The summed E-state index contributed by atoms with van der Waals surface area (Å²) in [5.74, 6) is 1.05. The third kappa shape index (κ3) is 10.1. The summed E-state index contributed by atoms with van der Waals surface area (Å²) in [6.07, 6.45) is 4.87. The van der Waals surface area contributed by atoms with Crippen LogP contribution in [-0.4, -0.2) is 62.6 Å². The molecular weight excluding hydrogens is 469 g/mol. The van der Waals surface area contributed by atoms with Crippen LogP contribution in [0, 0.1) is 0 Å². The molecule has 0 aliphatic carbocycles. The molecule has 0 saturated carbocycles. The summed E-state index contributed by atoms with van der Waals surface area (Å²) in [6, 6.07) is 7.71. The zero-order chi connectivity index (χ0) is 19.3. The molecule has 1 heterocycles. The number of primary amides is 1. The number of nitrogens with zero attached hydrogens (tertiary/aromatic N) is 2. The van der Waals surface area contributed by atoms with Crippen molar-refractivity contribution < 1.29 is 9.53 Å². The number of aliphatic imine (C=N–C) groups is 1. The Balaban J connectivity index is 0.00000392. The predicted molar refractivity (Wildman–Crippen MR) is 125 cm³/mol. The Morgan fingerprint density at radius 3 is 2.54 bits per heavy atom. The molecule has 1 aliphatic rings. The van der Waals surface area contributed by atoms with Gasteiger partial charge in [0.25, 0.3) is 5.91 Å². The number of hydrogen-bond donors (Lipinski definition) is 3. The van der Waals surface area contributed by atoms with Gasteiger partial charge in [-0.25, -0.2) is 0 Å². The average Bonchev–Trinajstić information content (AvgIpc) is 2.68. The lowest BCUT2D eigenvalue weighted by Gasteiger charge is -2.25. The van der Waals surface area contributed by atoms with Crippen LogP contribution in [0.5, 0.6) is 5.75 Å². The number of carbonyl (C=O) groups is 1. The van der Waals surface area contributed by atoms with Crippen LogP contribution in [-0.2, 0) is 11.2 Å². The highest BCUT2D eigenvalue weighted by Crippen LogP contribution is 2.12. The number of carbonyl (C=O) groups excluding carboxylic acids is 1. The second kappa shape index (κ2) is 14.4. The summed E-state index contributed by atoms with van der Waals surface area (Å²) < 4.78 is 5.27. The van der Waals surface area contributed by atoms with Crippen molar-refractivity contribution >= 4 is 35.8 Å². The van der Waals surface area contributed by atoms with Gasteiger partial charge in [0.1, 0.15) is 5.75 Å². The minimum absolute atomic E-state index is 0. The van der Waals surface area contributed by atoms with Crippen LogP contribution >= 0.6 is 24.0 Å². The maximum atomic E-state index is 10.7. The van der Waals surface area contributed by atoms with Crippen LogP contribution < -0.4 is 21.1 Å². The molecule has 8 heteroatoms. The number of halogens is 1. The van der Waals surface area contributed by atoms with E-state index in [2.05, 4.69) is 27.4 Å². The monoisotopic (exact) mass is 503 g/mol. The minimum Gasteiger partial charge on any atom is -0.484 e. The summed E-state index contributed by atoms with van der Waals surface area (Å²) in [4.78, 5) is 17.9. The lowest BCUT2D eigenvalue weighted by atomic mass is 10.1. The van der Waals surface area contributed by atoms with E-state index in [9.17, 15) is 4.79 Å². The average molecular weight is 503 g/mol. The summed E-state index contributed by atoms with van der Waals surface area (Å²) >= 11 is 0. The van der Waals surface area contributed by atoms with Gasteiger partial charge in [-0.15, -0.1) is 24.0 Å². The molecule has 158 valence electrons. The summed E-state index contributed by atoms with van der Waals surface area (Å²) in [6.45, 7) is 7.90. The van der Waals surface area contributed by atoms with Crippen molar-refractivity contribution in [2.24, 2.45) is 10.7 Å². The fourth-order valence-electron chi connectivity index (χ4n) is 3.06. The largest absolute Gasteiger partial charge is 0.484 e. The standard InChI is InChI=1S/C20H33N5O2.HI/c1-2-22-20(24-12-15-25-13-4-3-5-14-25)23-11-10-17-6-8-18(9-7-17)27-16-19(21)26;/h6-9H,2-5,10-16H2,1H3,(H2,21,26)(H2,22,23,24);1H. The van der Waals surface area contributed by atoms with Gasteiger partial charge in [-0.05, 0) is 57.0 Å². The van der Waals surface area contributed by atoms with E-state index in [1.807, 2.05) is 24.3 Å². The number of hydrogen-bond acceptors (Lipinski definition) is 4. The maximum Gasteiger partial charge on any atom is 0.255 e. The van der Waals surface area contributed by atoms with E-state index < -0.39 is 5.91 Å². The van der Waals surface area contributed by atoms with E-state index in [1.54, 1.807) is 0 Å². The molecule has 7 nitrogen and oxygen atoms in total. The van der Waals surface area contributed by atoms with Gasteiger partial charge < -0.3 is 26.0 Å². The number of piperidine rings is 1. The Bertz CT molecular complexity index is 589. The Morgan fingerprint density at radius 1 is 1.18 bits per heavy atom. The highest BCUT2D eigenvalue weighted by atomic mass is 127. The topological polar surface area (TPSA) is 92.0 Å². The molecule has 2 rings (SSSR count). The number of ether oxygens (including phenoxy) is 1. The quantitative estimate of drug-likeness (QED) is 0.257. The summed E-state index contributed by atoms with van der Waals surface area (Å²) in [5.41, 5.74) is 6.27. The fraction of sp³-hybridized carbons (Fsp3) is 0.600. The van der Waals surface area contributed by atoms with E-state index in [-0.39, 0.29) is 30.6 Å². The van der Waals surface area contributed by atoms with Crippen molar-refractivity contribution in [3.63, 3.8) is 0 Å². The Hall–Kier alpha value is -1.55. The van der Waals surface area contributed by atoms with Crippen LogP contribution in [0.3, 0.4) is 0 Å². The first-order valence-corrected chi connectivity index (χ1v) is 9.92. The minimum atomic E-state index is -0.473. The van der Waals surface area contributed by atoms with Crippen molar-refractivity contribution in [2.75, 3.05) is 45.9 Å². The Morgan fingerprint density at radius 2 is 1.89 bits per heavy atom. The smallest absolute Gasteiger partial charge is 0.255 e. The number of nitrogens with two attached hydrogens (primary N) is 1. The molecule has 0 atom stereocenters. The van der Waals surface area contributed by atoms with Crippen molar-refractivity contribution in [3.05, 3.63) is 29.8 Å². The van der Waals surface area contributed by atoms with Crippen molar-refractivity contribution in [2.45, 2.75) is 32.6 Å². The predicted octanol–water partition coefficient (Wildman–Crippen LogP) is 1.75. The zero-order valence-corrected chi connectivity index (χ0v) is 19.1. The first-order valence-electron chi connectivity index (χ1n) is 9.92. The van der Waals surface area contributed by atoms with Crippen molar-refractivity contribution in [1.82, 2.24) is 15.5 Å². The van der Waals surface area contributed by atoms with E-state index in [0.717, 1.165) is 38.6 Å². The van der Waals surface area contributed by atoms with Crippen LogP contribution in [0.2, 0.25) is 0 Å². The zero-order valence-electron chi connectivity index (χ0n) is 16.8. The van der Waals surface area contributed by atoms with Crippen LogP contribution in [0.25, 0.3) is 0 Å². The number of benzene rings is 1. The fourth-order valence-corrected chi connectivity index (χ4v) is 3.06. The van der Waals surface area contributed by atoms with Crippen LogP contribution in [0.4, 0.5) is 0 Å². The molecule has 1 amide bonds. The van der Waals surface area contributed by atoms with E-state index in [0.29, 0.717) is 5.75 Å². The van der Waals surface area contributed by atoms with Gasteiger partial charge in [0.05, 0.1) is 6.54 Å². The third-order valence-electron chi connectivity index (χ3n) is 4.49. The lowest BCUT2D eigenvalue weighted by Crippen LogP contribution is -2.39. The molecule has 0 spiro atoms.